The van der Waals surface area contributed by atoms with Gasteiger partial charge in [0.05, 0.1) is 12.8 Å². The van der Waals surface area contributed by atoms with Crippen LogP contribution in [0.25, 0.3) is 0 Å². The molecule has 0 saturated heterocycles. The zero-order valence-corrected chi connectivity index (χ0v) is 10.6. The Bertz CT molecular complexity index is 484. The van der Waals surface area contributed by atoms with Crippen LogP contribution in [0, 0.1) is 5.82 Å². The van der Waals surface area contributed by atoms with Crippen LogP contribution in [0.2, 0.25) is 0 Å². The summed E-state index contributed by atoms with van der Waals surface area (Å²) in [7, 11) is 1.54. The molecule has 1 atom stereocenters. The van der Waals surface area contributed by atoms with E-state index in [-0.39, 0.29) is 11.9 Å². The van der Waals surface area contributed by atoms with Crippen LogP contribution in [0.5, 0.6) is 5.75 Å². The van der Waals surface area contributed by atoms with E-state index in [4.69, 9.17) is 4.74 Å². The van der Waals surface area contributed by atoms with Crippen LogP contribution in [-0.4, -0.2) is 7.11 Å². The first-order chi connectivity index (χ1) is 8.20. The fraction of sp³-hybridized carbons (Fsp3) is 0.231. The molecule has 0 radical (unpaired) electrons. The minimum absolute atomic E-state index is 0.167. The number of thiophene rings is 1. The molecule has 90 valence electrons. The Balaban J connectivity index is 2.18. The molecule has 1 unspecified atom stereocenters. The van der Waals surface area contributed by atoms with E-state index in [9.17, 15) is 4.39 Å². The Morgan fingerprint density at radius 1 is 1.35 bits per heavy atom. The van der Waals surface area contributed by atoms with Gasteiger partial charge in [0.25, 0.3) is 0 Å². The van der Waals surface area contributed by atoms with E-state index in [2.05, 4.69) is 23.7 Å². The monoisotopic (exact) mass is 251 g/mol. The quantitative estimate of drug-likeness (QED) is 0.884. The second-order valence-corrected chi connectivity index (χ2v) is 4.55. The van der Waals surface area contributed by atoms with Crippen molar-refractivity contribution in [3.63, 3.8) is 0 Å². The molecule has 0 bridgehead atoms. The Labute approximate surface area is 104 Å². The van der Waals surface area contributed by atoms with E-state index in [0.29, 0.717) is 5.75 Å². The highest BCUT2D eigenvalue weighted by atomic mass is 32.1. The third-order valence-corrected chi connectivity index (χ3v) is 3.28. The topological polar surface area (TPSA) is 21.3 Å². The molecule has 2 aromatic rings. The van der Waals surface area contributed by atoms with Crippen LogP contribution in [0.1, 0.15) is 18.5 Å². The first kappa shape index (κ1) is 11.9. The lowest BCUT2D eigenvalue weighted by Crippen LogP contribution is -2.06. The lowest BCUT2D eigenvalue weighted by Gasteiger charge is -2.16. The molecule has 1 N–H and O–H groups in total. The number of nitrogens with one attached hydrogen (secondary N) is 1. The Hall–Kier alpha value is -1.55. The van der Waals surface area contributed by atoms with Crippen LogP contribution in [-0.2, 0) is 0 Å². The van der Waals surface area contributed by atoms with Gasteiger partial charge in [0, 0.05) is 12.1 Å². The predicted molar refractivity (Wildman–Crippen MR) is 69.3 cm³/mol. The number of halogens is 1. The van der Waals surface area contributed by atoms with Crippen molar-refractivity contribution in [3.05, 3.63) is 46.4 Å². The molecule has 17 heavy (non-hydrogen) atoms. The van der Waals surface area contributed by atoms with Gasteiger partial charge < -0.3 is 10.1 Å². The van der Waals surface area contributed by atoms with Crippen molar-refractivity contribution in [1.29, 1.82) is 0 Å². The molecular weight excluding hydrogens is 237 g/mol. The Morgan fingerprint density at radius 2 is 2.18 bits per heavy atom. The van der Waals surface area contributed by atoms with Gasteiger partial charge in [0.15, 0.2) is 0 Å². The lowest BCUT2D eigenvalue weighted by atomic mass is 10.1. The summed E-state index contributed by atoms with van der Waals surface area (Å²) in [5.41, 5.74) is 2.01. The maximum Gasteiger partial charge on any atom is 0.144 e. The normalized spacial score (nSPS) is 12.2. The van der Waals surface area contributed by atoms with Crippen LogP contribution in [0.4, 0.5) is 10.1 Å². The Kier molecular flexibility index (Phi) is 3.64. The molecule has 0 aliphatic rings. The van der Waals surface area contributed by atoms with Gasteiger partial charge in [-0.25, -0.2) is 4.39 Å². The fourth-order valence-corrected chi connectivity index (χ4v) is 2.38. The van der Waals surface area contributed by atoms with Crippen molar-refractivity contribution in [2.75, 3.05) is 12.4 Å². The molecule has 0 spiro atoms. The standard InChI is InChI=1S/C13H14FNOS/c1-9(10-5-6-17-8-10)15-12-4-3-11(14)7-13(12)16-2/h3-9,15H,1-2H3. The zero-order chi connectivity index (χ0) is 12.3. The minimum atomic E-state index is -0.296. The van der Waals surface area contributed by atoms with Gasteiger partial charge in [-0.3, -0.25) is 0 Å². The smallest absolute Gasteiger partial charge is 0.144 e. The Morgan fingerprint density at radius 3 is 2.82 bits per heavy atom. The number of hydrogen-bond donors (Lipinski definition) is 1. The summed E-state index contributed by atoms with van der Waals surface area (Å²) < 4.78 is 18.2. The molecule has 0 fully saturated rings. The number of methoxy groups -OCH3 is 1. The first-order valence-corrected chi connectivity index (χ1v) is 6.27. The average molecular weight is 251 g/mol. The molecule has 0 amide bonds. The summed E-state index contributed by atoms with van der Waals surface area (Å²) in [5.74, 6) is 0.225. The molecule has 1 heterocycles. The van der Waals surface area contributed by atoms with E-state index in [1.165, 1.54) is 24.8 Å². The molecule has 0 aliphatic carbocycles. The largest absolute Gasteiger partial charge is 0.494 e. The second-order valence-electron chi connectivity index (χ2n) is 3.77. The highest BCUT2D eigenvalue weighted by Gasteiger charge is 2.09. The predicted octanol–water partition coefficient (Wildman–Crippen LogP) is 4.07. The maximum atomic E-state index is 13.0. The highest BCUT2D eigenvalue weighted by molar-refractivity contribution is 7.07. The van der Waals surface area contributed by atoms with Crippen molar-refractivity contribution in [2.24, 2.45) is 0 Å². The van der Waals surface area contributed by atoms with Crippen LogP contribution < -0.4 is 10.1 Å². The van der Waals surface area contributed by atoms with Gasteiger partial charge in [-0.15, -0.1) is 0 Å². The summed E-state index contributed by atoms with van der Waals surface area (Å²) in [6.07, 6.45) is 0. The van der Waals surface area contributed by atoms with Crippen molar-refractivity contribution < 1.29 is 9.13 Å². The maximum absolute atomic E-state index is 13.0. The van der Waals surface area contributed by atoms with Gasteiger partial charge in [0.2, 0.25) is 0 Å². The van der Waals surface area contributed by atoms with E-state index < -0.39 is 0 Å². The molecule has 2 rings (SSSR count). The van der Waals surface area contributed by atoms with Crippen molar-refractivity contribution in [1.82, 2.24) is 0 Å². The third-order valence-electron chi connectivity index (χ3n) is 2.58. The average Bonchev–Trinajstić information content (AvgIpc) is 2.85. The second kappa shape index (κ2) is 5.19. The minimum Gasteiger partial charge on any atom is -0.494 e. The number of ether oxygens (including phenoxy) is 1. The molecule has 1 aromatic heterocycles. The lowest BCUT2D eigenvalue weighted by molar-refractivity contribution is 0.412. The van der Waals surface area contributed by atoms with Crippen LogP contribution in [0.15, 0.2) is 35.0 Å². The number of hydrogen-bond acceptors (Lipinski definition) is 3. The summed E-state index contributed by atoms with van der Waals surface area (Å²) in [6, 6.07) is 6.73. The van der Waals surface area contributed by atoms with Crippen LogP contribution in [0.3, 0.4) is 0 Å². The molecule has 2 nitrogen and oxygen atoms in total. The summed E-state index contributed by atoms with van der Waals surface area (Å²) in [5, 5.41) is 7.43. The van der Waals surface area contributed by atoms with Gasteiger partial charge in [0.1, 0.15) is 11.6 Å². The van der Waals surface area contributed by atoms with Gasteiger partial charge in [-0.1, -0.05) is 0 Å². The summed E-state index contributed by atoms with van der Waals surface area (Å²) >= 11 is 1.66. The van der Waals surface area contributed by atoms with E-state index >= 15 is 0 Å². The number of benzene rings is 1. The van der Waals surface area contributed by atoms with Crippen molar-refractivity contribution in [3.8, 4) is 5.75 Å². The number of anilines is 1. The van der Waals surface area contributed by atoms with Crippen molar-refractivity contribution >= 4 is 17.0 Å². The summed E-state index contributed by atoms with van der Waals surface area (Å²) in [4.78, 5) is 0. The molecule has 0 aliphatic heterocycles. The van der Waals surface area contributed by atoms with E-state index in [1.807, 2.05) is 5.38 Å². The van der Waals surface area contributed by atoms with E-state index in [0.717, 1.165) is 5.69 Å². The SMILES string of the molecule is COc1cc(F)ccc1NC(C)c1ccsc1. The number of rotatable bonds is 4. The highest BCUT2D eigenvalue weighted by Crippen LogP contribution is 2.29. The molecule has 0 saturated carbocycles. The molecule has 4 heteroatoms. The summed E-state index contributed by atoms with van der Waals surface area (Å²) in [6.45, 7) is 2.06. The van der Waals surface area contributed by atoms with Crippen molar-refractivity contribution in [2.45, 2.75) is 13.0 Å². The van der Waals surface area contributed by atoms with Crippen LogP contribution >= 0.6 is 11.3 Å². The third kappa shape index (κ3) is 2.77. The zero-order valence-electron chi connectivity index (χ0n) is 9.74. The van der Waals surface area contributed by atoms with Gasteiger partial charge in [-0.2, -0.15) is 11.3 Å². The molecular formula is C13H14FNOS. The van der Waals surface area contributed by atoms with Gasteiger partial charge in [-0.05, 0) is 41.4 Å². The molecule has 1 aromatic carbocycles. The van der Waals surface area contributed by atoms with E-state index in [1.54, 1.807) is 17.4 Å². The van der Waals surface area contributed by atoms with Gasteiger partial charge >= 0.3 is 0 Å². The fourth-order valence-electron chi connectivity index (χ4n) is 1.62. The first-order valence-electron chi connectivity index (χ1n) is 5.33.